The lowest BCUT2D eigenvalue weighted by molar-refractivity contribution is 0.0315. The van der Waals surface area contributed by atoms with Crippen molar-refractivity contribution in [2.75, 3.05) is 18.5 Å². The van der Waals surface area contributed by atoms with Crippen LogP contribution in [0, 0.1) is 0 Å². The van der Waals surface area contributed by atoms with E-state index in [0.29, 0.717) is 0 Å². The summed E-state index contributed by atoms with van der Waals surface area (Å²) < 4.78 is 6.73. The van der Waals surface area contributed by atoms with E-state index < -0.39 is 0 Å². The van der Waals surface area contributed by atoms with E-state index in [1.165, 1.54) is 0 Å². The average molecular weight is 322 g/mol. The molecule has 0 spiro atoms. The maximum Gasteiger partial charge on any atom is 0.112 e. The van der Waals surface area contributed by atoms with Crippen molar-refractivity contribution in [2.45, 2.75) is 25.4 Å². The molecule has 100 valence electrons. The van der Waals surface area contributed by atoms with Crippen molar-refractivity contribution >= 4 is 32.7 Å². The van der Waals surface area contributed by atoms with Gasteiger partial charge in [0.05, 0.1) is 16.8 Å². The summed E-state index contributed by atoms with van der Waals surface area (Å²) in [5, 5.41) is 3.45. The van der Waals surface area contributed by atoms with Crippen LogP contribution >= 0.6 is 15.9 Å². The van der Waals surface area contributed by atoms with Crippen LogP contribution < -0.4 is 5.32 Å². The van der Waals surface area contributed by atoms with Gasteiger partial charge in [0.1, 0.15) is 5.52 Å². The highest BCUT2D eigenvalue weighted by Crippen LogP contribution is 2.27. The van der Waals surface area contributed by atoms with Gasteiger partial charge in [-0.2, -0.15) is 0 Å². The van der Waals surface area contributed by atoms with Crippen molar-refractivity contribution in [1.29, 1.82) is 0 Å². The molecule has 0 saturated carbocycles. The number of rotatable bonds is 3. The highest BCUT2D eigenvalue weighted by atomic mass is 79.9. The van der Waals surface area contributed by atoms with E-state index in [9.17, 15) is 0 Å². The van der Waals surface area contributed by atoms with Crippen molar-refractivity contribution in [1.82, 2.24) is 9.97 Å². The molecule has 1 aliphatic rings. The third kappa shape index (κ3) is 2.72. The molecule has 2 aromatic rings. The van der Waals surface area contributed by atoms with Crippen LogP contribution in [0.2, 0.25) is 0 Å². The van der Waals surface area contributed by atoms with Gasteiger partial charge in [0.15, 0.2) is 0 Å². The molecule has 3 heterocycles. The Kier molecular flexibility index (Phi) is 3.41. The summed E-state index contributed by atoms with van der Waals surface area (Å²) in [5.41, 5.74) is 2.73. The Labute approximate surface area is 120 Å². The van der Waals surface area contributed by atoms with E-state index in [1.807, 2.05) is 12.1 Å². The highest BCUT2D eigenvalue weighted by molar-refractivity contribution is 9.10. The van der Waals surface area contributed by atoms with Crippen LogP contribution in [0.1, 0.15) is 19.8 Å². The molecular weight excluding hydrogens is 306 g/mol. The van der Waals surface area contributed by atoms with E-state index in [4.69, 9.17) is 4.74 Å². The second-order valence-corrected chi connectivity index (χ2v) is 6.05. The minimum atomic E-state index is -0.0645. The van der Waals surface area contributed by atoms with Gasteiger partial charge < -0.3 is 10.1 Å². The van der Waals surface area contributed by atoms with Gasteiger partial charge in [-0.05, 0) is 47.8 Å². The number of hydrogen-bond donors (Lipinski definition) is 1. The van der Waals surface area contributed by atoms with Gasteiger partial charge in [0, 0.05) is 30.0 Å². The van der Waals surface area contributed by atoms with Crippen molar-refractivity contribution in [3.63, 3.8) is 0 Å². The Morgan fingerprint density at radius 3 is 3.16 bits per heavy atom. The monoisotopic (exact) mass is 321 g/mol. The standard InChI is InChI=1S/C14H16BrN3O/c1-14(4-2-6-19-14)9-18-11-3-5-16-12-7-10(15)8-17-13(11)12/h3,5,7-8H,2,4,6,9H2,1H3,(H,16,18). The minimum absolute atomic E-state index is 0.0645. The SMILES string of the molecule is CC1(CNc2ccnc3cc(Br)cnc23)CCCO1. The van der Waals surface area contributed by atoms with E-state index >= 15 is 0 Å². The first-order valence-electron chi connectivity index (χ1n) is 6.44. The largest absolute Gasteiger partial charge is 0.380 e. The van der Waals surface area contributed by atoms with Gasteiger partial charge in [-0.15, -0.1) is 0 Å². The van der Waals surface area contributed by atoms with Crippen LogP contribution in [-0.4, -0.2) is 28.7 Å². The zero-order valence-corrected chi connectivity index (χ0v) is 12.4. The molecule has 0 amide bonds. The molecule has 19 heavy (non-hydrogen) atoms. The number of hydrogen-bond acceptors (Lipinski definition) is 4. The Balaban J connectivity index is 1.84. The number of fused-ring (bicyclic) bond motifs is 1. The minimum Gasteiger partial charge on any atom is -0.380 e. The molecule has 1 unspecified atom stereocenters. The van der Waals surface area contributed by atoms with Crippen molar-refractivity contribution in [2.24, 2.45) is 0 Å². The summed E-state index contributed by atoms with van der Waals surface area (Å²) in [7, 11) is 0. The van der Waals surface area contributed by atoms with Crippen molar-refractivity contribution < 1.29 is 4.74 Å². The second-order valence-electron chi connectivity index (χ2n) is 5.14. The molecule has 0 aliphatic carbocycles. The van der Waals surface area contributed by atoms with Crippen molar-refractivity contribution in [3.05, 3.63) is 29.0 Å². The lowest BCUT2D eigenvalue weighted by Crippen LogP contribution is -2.32. The molecule has 1 N–H and O–H groups in total. The summed E-state index contributed by atoms with van der Waals surface area (Å²) in [5.74, 6) is 0. The zero-order valence-electron chi connectivity index (χ0n) is 10.8. The normalized spacial score (nSPS) is 22.8. The molecule has 3 rings (SSSR count). The first-order valence-corrected chi connectivity index (χ1v) is 7.24. The maximum absolute atomic E-state index is 5.79. The molecule has 0 radical (unpaired) electrons. The van der Waals surface area contributed by atoms with Crippen LogP contribution in [0.25, 0.3) is 11.0 Å². The fraction of sp³-hybridized carbons (Fsp3) is 0.429. The van der Waals surface area contributed by atoms with E-state index in [1.54, 1.807) is 12.4 Å². The second kappa shape index (κ2) is 5.06. The van der Waals surface area contributed by atoms with Crippen LogP contribution in [0.15, 0.2) is 29.0 Å². The fourth-order valence-electron chi connectivity index (χ4n) is 2.41. The third-order valence-corrected chi connectivity index (χ3v) is 3.93. The zero-order chi connectivity index (χ0) is 13.3. The topological polar surface area (TPSA) is 47.0 Å². The van der Waals surface area contributed by atoms with Crippen LogP contribution in [0.5, 0.6) is 0 Å². The Morgan fingerprint density at radius 1 is 1.47 bits per heavy atom. The molecule has 5 heteroatoms. The summed E-state index contributed by atoms with van der Waals surface area (Å²) in [6.07, 6.45) is 5.84. The third-order valence-electron chi connectivity index (χ3n) is 3.50. The number of nitrogens with one attached hydrogen (secondary N) is 1. The summed E-state index contributed by atoms with van der Waals surface area (Å²) >= 11 is 3.42. The molecule has 4 nitrogen and oxygen atoms in total. The summed E-state index contributed by atoms with van der Waals surface area (Å²) in [6.45, 7) is 3.81. The number of halogens is 1. The first kappa shape index (κ1) is 12.8. The van der Waals surface area contributed by atoms with Gasteiger partial charge in [-0.25, -0.2) is 0 Å². The Morgan fingerprint density at radius 2 is 2.37 bits per heavy atom. The average Bonchev–Trinajstić information content (AvgIpc) is 2.83. The molecule has 1 fully saturated rings. The molecule has 1 atom stereocenters. The van der Waals surface area contributed by atoms with E-state index in [2.05, 4.69) is 38.1 Å². The molecule has 1 saturated heterocycles. The Hall–Kier alpha value is -1.20. The van der Waals surface area contributed by atoms with Gasteiger partial charge in [0.25, 0.3) is 0 Å². The van der Waals surface area contributed by atoms with Gasteiger partial charge in [-0.3, -0.25) is 9.97 Å². The molecule has 2 aromatic heterocycles. The van der Waals surface area contributed by atoms with E-state index in [0.717, 1.165) is 47.2 Å². The van der Waals surface area contributed by atoms with E-state index in [-0.39, 0.29) is 5.60 Å². The quantitative estimate of drug-likeness (QED) is 0.941. The van der Waals surface area contributed by atoms with Crippen LogP contribution in [-0.2, 0) is 4.74 Å². The highest BCUT2D eigenvalue weighted by Gasteiger charge is 2.29. The van der Waals surface area contributed by atoms with Gasteiger partial charge in [-0.1, -0.05) is 0 Å². The molecule has 0 bridgehead atoms. The Bertz CT molecular complexity index is 596. The van der Waals surface area contributed by atoms with Gasteiger partial charge in [0.2, 0.25) is 0 Å². The predicted molar refractivity (Wildman–Crippen MR) is 79.3 cm³/mol. The smallest absolute Gasteiger partial charge is 0.112 e. The molecule has 0 aromatic carbocycles. The summed E-state index contributed by atoms with van der Waals surface area (Å²) in [4.78, 5) is 8.77. The lowest BCUT2D eigenvalue weighted by atomic mass is 10.0. The van der Waals surface area contributed by atoms with Gasteiger partial charge >= 0.3 is 0 Å². The predicted octanol–water partition coefficient (Wildman–Crippen LogP) is 3.37. The molecular formula is C14H16BrN3O. The number of ether oxygens (including phenoxy) is 1. The number of pyridine rings is 2. The van der Waals surface area contributed by atoms with Crippen molar-refractivity contribution in [3.8, 4) is 0 Å². The molecule has 1 aliphatic heterocycles. The number of anilines is 1. The summed E-state index contributed by atoms with van der Waals surface area (Å²) in [6, 6.07) is 3.93. The fourth-order valence-corrected chi connectivity index (χ4v) is 2.73. The van der Waals surface area contributed by atoms with Crippen LogP contribution in [0.3, 0.4) is 0 Å². The number of nitrogens with zero attached hydrogens (tertiary/aromatic N) is 2. The van der Waals surface area contributed by atoms with Crippen LogP contribution in [0.4, 0.5) is 5.69 Å². The lowest BCUT2D eigenvalue weighted by Gasteiger charge is -2.24. The maximum atomic E-state index is 5.79. The number of aromatic nitrogens is 2. The first-order chi connectivity index (χ1) is 9.16.